The first-order valence-electron chi connectivity index (χ1n) is 8.45. The number of amides is 1. The van der Waals surface area contributed by atoms with E-state index in [-0.39, 0.29) is 5.92 Å². The van der Waals surface area contributed by atoms with Crippen LogP contribution in [0.3, 0.4) is 0 Å². The molecule has 0 N–H and O–H groups in total. The van der Waals surface area contributed by atoms with Gasteiger partial charge in [0.05, 0.1) is 5.69 Å². The molecule has 1 amide bonds. The van der Waals surface area contributed by atoms with Crippen molar-refractivity contribution in [3.05, 3.63) is 59.2 Å². The van der Waals surface area contributed by atoms with Gasteiger partial charge in [-0.1, -0.05) is 6.07 Å². The van der Waals surface area contributed by atoms with E-state index >= 15 is 0 Å². The third kappa shape index (κ3) is 2.81. The number of carbonyl (C=O) groups is 1. The number of hydrogen-bond donors (Lipinski definition) is 0. The first-order chi connectivity index (χ1) is 12.5. The van der Waals surface area contributed by atoms with Crippen molar-refractivity contribution in [2.24, 2.45) is 0 Å². The smallest absolute Gasteiger partial charge is 0.259 e. The number of fused-ring (bicyclic) bond motifs is 1. The van der Waals surface area contributed by atoms with Gasteiger partial charge in [-0.15, -0.1) is 0 Å². The molecule has 0 radical (unpaired) electrons. The zero-order valence-electron chi connectivity index (χ0n) is 14.2. The zero-order valence-corrected chi connectivity index (χ0v) is 14.2. The molecule has 1 atom stereocenters. The van der Waals surface area contributed by atoms with E-state index in [1.165, 1.54) is 17.3 Å². The number of benzene rings is 1. The zero-order chi connectivity index (χ0) is 18.3. The highest BCUT2D eigenvalue weighted by atomic mass is 19.1. The highest BCUT2D eigenvalue weighted by Gasteiger charge is 2.30. The summed E-state index contributed by atoms with van der Waals surface area (Å²) in [6.07, 6.45) is 3.03. The Hall–Kier alpha value is -2.90. The lowest BCUT2D eigenvalue weighted by Crippen LogP contribution is -2.40. The maximum absolute atomic E-state index is 14.0. The fraction of sp³-hybridized carbons (Fsp3) is 0.333. The van der Waals surface area contributed by atoms with Crippen LogP contribution in [0, 0.1) is 18.6 Å². The summed E-state index contributed by atoms with van der Waals surface area (Å²) in [7, 11) is 0. The molecule has 1 aliphatic rings. The number of rotatable bonds is 2. The minimum atomic E-state index is -0.837. The maximum Gasteiger partial charge on any atom is 0.259 e. The summed E-state index contributed by atoms with van der Waals surface area (Å²) in [5, 5.41) is 4.21. The molecule has 1 aliphatic heterocycles. The number of hydrogen-bond acceptors (Lipinski definition) is 4. The van der Waals surface area contributed by atoms with Gasteiger partial charge in [0.2, 0.25) is 0 Å². The number of likely N-dealkylation sites (tertiary alicyclic amines) is 1. The van der Waals surface area contributed by atoms with Crippen molar-refractivity contribution in [3.63, 3.8) is 0 Å². The molecule has 3 heterocycles. The van der Waals surface area contributed by atoms with Crippen LogP contribution < -0.4 is 0 Å². The van der Waals surface area contributed by atoms with Crippen LogP contribution in [0.25, 0.3) is 5.78 Å². The van der Waals surface area contributed by atoms with Gasteiger partial charge in [0, 0.05) is 24.7 Å². The van der Waals surface area contributed by atoms with E-state index in [9.17, 15) is 13.6 Å². The molecule has 1 aromatic carbocycles. The van der Waals surface area contributed by atoms with E-state index in [2.05, 4.69) is 15.1 Å². The Morgan fingerprint density at radius 3 is 2.81 bits per heavy atom. The van der Waals surface area contributed by atoms with Crippen LogP contribution in [0.15, 0.2) is 30.6 Å². The molecule has 0 spiro atoms. The lowest BCUT2D eigenvalue weighted by molar-refractivity contribution is 0.0695. The molecule has 134 valence electrons. The Labute approximate surface area is 148 Å². The summed E-state index contributed by atoms with van der Waals surface area (Å²) in [6, 6.07) is 5.37. The highest BCUT2D eigenvalue weighted by molar-refractivity contribution is 5.94. The topological polar surface area (TPSA) is 63.4 Å². The molecular formula is C18H17F2N5O. The molecule has 3 aromatic rings. The third-order valence-corrected chi connectivity index (χ3v) is 4.71. The Morgan fingerprint density at radius 1 is 1.27 bits per heavy atom. The Morgan fingerprint density at radius 2 is 2.04 bits per heavy atom. The predicted molar refractivity (Wildman–Crippen MR) is 89.8 cm³/mol. The maximum atomic E-state index is 14.0. The molecule has 4 rings (SSSR count). The lowest BCUT2D eigenvalue weighted by Gasteiger charge is -2.33. The third-order valence-electron chi connectivity index (χ3n) is 4.71. The van der Waals surface area contributed by atoms with Gasteiger partial charge in [-0.25, -0.2) is 18.3 Å². The SMILES string of the molecule is Cc1cc(C2CCCN(C(=O)c3c(F)cccc3F)C2)n2ncnc2n1. The second kappa shape index (κ2) is 6.44. The van der Waals surface area contributed by atoms with Gasteiger partial charge >= 0.3 is 0 Å². The van der Waals surface area contributed by atoms with Crippen LogP contribution in [0.5, 0.6) is 0 Å². The van der Waals surface area contributed by atoms with Crippen LogP contribution >= 0.6 is 0 Å². The number of halogens is 2. The average molecular weight is 357 g/mol. The standard InChI is InChI=1S/C18H17F2N5O/c1-11-8-15(25-18(23-11)21-10-22-25)12-4-3-7-24(9-12)17(26)16-13(19)5-2-6-14(16)20/h2,5-6,8,10,12H,3-4,7,9H2,1H3. The fourth-order valence-electron chi connectivity index (χ4n) is 3.51. The number of aryl methyl sites for hydroxylation is 1. The molecule has 1 saturated heterocycles. The van der Waals surface area contributed by atoms with Crippen molar-refractivity contribution in [1.82, 2.24) is 24.5 Å². The molecule has 0 aliphatic carbocycles. The monoisotopic (exact) mass is 357 g/mol. The second-order valence-electron chi connectivity index (χ2n) is 6.48. The number of carbonyl (C=O) groups excluding carboxylic acids is 1. The van der Waals surface area contributed by atoms with Crippen molar-refractivity contribution >= 4 is 11.7 Å². The van der Waals surface area contributed by atoms with Gasteiger partial charge in [0.25, 0.3) is 11.7 Å². The van der Waals surface area contributed by atoms with Crippen molar-refractivity contribution in [3.8, 4) is 0 Å². The Kier molecular flexibility index (Phi) is 4.10. The van der Waals surface area contributed by atoms with E-state index in [4.69, 9.17) is 0 Å². The van der Waals surface area contributed by atoms with Gasteiger partial charge in [0.15, 0.2) is 0 Å². The molecule has 1 fully saturated rings. The van der Waals surface area contributed by atoms with Crippen molar-refractivity contribution in [2.45, 2.75) is 25.7 Å². The fourth-order valence-corrected chi connectivity index (χ4v) is 3.51. The molecule has 6 nitrogen and oxygen atoms in total. The van der Waals surface area contributed by atoms with Crippen molar-refractivity contribution < 1.29 is 13.6 Å². The molecule has 2 aromatic heterocycles. The van der Waals surface area contributed by atoms with E-state index in [1.807, 2.05) is 13.0 Å². The van der Waals surface area contributed by atoms with Crippen LogP contribution in [0.1, 0.15) is 40.5 Å². The summed E-state index contributed by atoms with van der Waals surface area (Å²) in [5.74, 6) is -1.80. The molecule has 8 heteroatoms. The summed E-state index contributed by atoms with van der Waals surface area (Å²) in [4.78, 5) is 22.7. The van der Waals surface area contributed by atoms with E-state index in [0.717, 1.165) is 36.4 Å². The molecule has 1 unspecified atom stereocenters. The lowest BCUT2D eigenvalue weighted by atomic mass is 9.93. The minimum absolute atomic E-state index is 0.00608. The molecule has 26 heavy (non-hydrogen) atoms. The van der Waals surface area contributed by atoms with Gasteiger partial charge < -0.3 is 4.90 Å². The van der Waals surface area contributed by atoms with Crippen molar-refractivity contribution in [2.75, 3.05) is 13.1 Å². The highest BCUT2D eigenvalue weighted by Crippen LogP contribution is 2.28. The summed E-state index contributed by atoms with van der Waals surface area (Å²) >= 11 is 0. The number of nitrogens with zero attached hydrogens (tertiary/aromatic N) is 5. The normalized spacial score (nSPS) is 17.7. The molecule has 0 saturated carbocycles. The Balaban J connectivity index is 1.65. The average Bonchev–Trinajstić information content (AvgIpc) is 3.09. The van der Waals surface area contributed by atoms with Gasteiger partial charge in [-0.05, 0) is 38.0 Å². The minimum Gasteiger partial charge on any atom is -0.338 e. The number of aromatic nitrogens is 4. The van der Waals surface area contributed by atoms with Crippen LogP contribution in [0.2, 0.25) is 0 Å². The number of piperidine rings is 1. The van der Waals surface area contributed by atoms with Crippen LogP contribution in [-0.4, -0.2) is 43.5 Å². The van der Waals surface area contributed by atoms with E-state index in [1.54, 1.807) is 4.52 Å². The second-order valence-corrected chi connectivity index (χ2v) is 6.48. The first-order valence-corrected chi connectivity index (χ1v) is 8.45. The van der Waals surface area contributed by atoms with Gasteiger partial charge in [-0.2, -0.15) is 10.1 Å². The predicted octanol–water partition coefficient (Wildman–Crippen LogP) is 2.73. The van der Waals surface area contributed by atoms with Crippen molar-refractivity contribution in [1.29, 1.82) is 0 Å². The first kappa shape index (κ1) is 16.6. The van der Waals surface area contributed by atoms with Crippen LogP contribution in [0.4, 0.5) is 8.78 Å². The molecular weight excluding hydrogens is 340 g/mol. The summed E-state index contributed by atoms with van der Waals surface area (Å²) in [5.41, 5.74) is 1.21. The van der Waals surface area contributed by atoms with E-state index in [0.29, 0.717) is 18.9 Å². The Bertz CT molecular complexity index is 967. The van der Waals surface area contributed by atoms with Gasteiger partial charge in [0.1, 0.15) is 23.5 Å². The van der Waals surface area contributed by atoms with Gasteiger partial charge in [-0.3, -0.25) is 4.79 Å². The molecule has 0 bridgehead atoms. The summed E-state index contributed by atoms with van der Waals surface area (Å²) < 4.78 is 29.6. The van der Waals surface area contributed by atoms with Crippen LogP contribution in [-0.2, 0) is 0 Å². The summed E-state index contributed by atoms with van der Waals surface area (Å²) in [6.45, 7) is 2.71. The van der Waals surface area contributed by atoms with E-state index < -0.39 is 23.1 Å². The largest absolute Gasteiger partial charge is 0.338 e. The quantitative estimate of drug-likeness (QED) is 0.707.